The molecule has 0 fully saturated rings. The minimum absolute atomic E-state index is 0.258. The molecule has 0 unspecified atom stereocenters. The fraction of sp³-hybridized carbons (Fsp3) is 0.375. The van der Waals surface area contributed by atoms with Gasteiger partial charge in [0, 0.05) is 6.07 Å². The molecule has 0 bridgehead atoms. The SMILES string of the molecule is C[C@H](OC(=O)[C@@H]1CC=CCC1)C(=O)Nc1cc(F)ccc1F. The lowest BCUT2D eigenvalue weighted by molar-refractivity contribution is -0.157. The summed E-state index contributed by atoms with van der Waals surface area (Å²) >= 11 is 0. The molecule has 0 aromatic heterocycles. The van der Waals surface area contributed by atoms with Gasteiger partial charge in [-0.25, -0.2) is 8.78 Å². The quantitative estimate of drug-likeness (QED) is 0.686. The summed E-state index contributed by atoms with van der Waals surface area (Å²) in [5, 5.41) is 2.21. The molecule has 0 heterocycles. The van der Waals surface area contributed by atoms with Crippen molar-refractivity contribution in [3.8, 4) is 0 Å². The van der Waals surface area contributed by atoms with E-state index in [9.17, 15) is 18.4 Å². The van der Waals surface area contributed by atoms with Gasteiger partial charge in [-0.2, -0.15) is 0 Å². The first kappa shape index (κ1) is 16.1. The van der Waals surface area contributed by atoms with Crippen LogP contribution in [-0.2, 0) is 14.3 Å². The average molecular weight is 309 g/mol. The number of amides is 1. The molecule has 0 saturated carbocycles. The second-order valence-corrected chi connectivity index (χ2v) is 5.17. The molecule has 1 aliphatic carbocycles. The number of carbonyl (C=O) groups is 2. The van der Waals surface area contributed by atoms with Crippen molar-refractivity contribution in [3.63, 3.8) is 0 Å². The molecule has 0 radical (unpaired) electrons. The van der Waals surface area contributed by atoms with Gasteiger partial charge in [0.05, 0.1) is 11.6 Å². The Labute approximate surface area is 127 Å². The molecule has 118 valence electrons. The van der Waals surface area contributed by atoms with Gasteiger partial charge in [-0.1, -0.05) is 12.2 Å². The van der Waals surface area contributed by atoms with Gasteiger partial charge >= 0.3 is 5.97 Å². The van der Waals surface area contributed by atoms with Crippen LogP contribution in [0.15, 0.2) is 30.4 Å². The molecule has 0 aliphatic heterocycles. The Hall–Kier alpha value is -2.24. The van der Waals surface area contributed by atoms with Crippen molar-refractivity contribution >= 4 is 17.6 Å². The Morgan fingerprint density at radius 3 is 2.77 bits per heavy atom. The number of ether oxygens (including phenoxy) is 1. The summed E-state index contributed by atoms with van der Waals surface area (Å²) < 4.78 is 31.6. The maximum atomic E-state index is 13.4. The summed E-state index contributed by atoms with van der Waals surface area (Å²) in [5.41, 5.74) is -0.284. The first-order chi connectivity index (χ1) is 10.5. The van der Waals surface area contributed by atoms with Crippen LogP contribution in [0.4, 0.5) is 14.5 Å². The second kappa shape index (κ2) is 7.15. The minimum Gasteiger partial charge on any atom is -0.452 e. The maximum absolute atomic E-state index is 13.4. The molecule has 0 saturated heterocycles. The zero-order valence-corrected chi connectivity index (χ0v) is 12.1. The molecule has 1 aromatic rings. The zero-order valence-electron chi connectivity index (χ0n) is 12.1. The Balaban J connectivity index is 1.93. The van der Waals surface area contributed by atoms with Gasteiger partial charge in [0.1, 0.15) is 11.6 Å². The van der Waals surface area contributed by atoms with Crippen LogP contribution in [0, 0.1) is 17.6 Å². The van der Waals surface area contributed by atoms with E-state index in [2.05, 4.69) is 5.32 Å². The van der Waals surface area contributed by atoms with Crippen LogP contribution in [-0.4, -0.2) is 18.0 Å². The number of hydrogen-bond donors (Lipinski definition) is 1. The number of benzene rings is 1. The molecule has 1 amide bonds. The van der Waals surface area contributed by atoms with E-state index in [0.717, 1.165) is 24.6 Å². The van der Waals surface area contributed by atoms with Gasteiger partial charge < -0.3 is 10.1 Å². The summed E-state index contributed by atoms with van der Waals surface area (Å²) in [5.74, 6) is -2.84. The van der Waals surface area contributed by atoms with Crippen molar-refractivity contribution in [2.45, 2.75) is 32.3 Å². The smallest absolute Gasteiger partial charge is 0.310 e. The van der Waals surface area contributed by atoms with Gasteiger partial charge in [0.2, 0.25) is 0 Å². The van der Waals surface area contributed by atoms with Crippen molar-refractivity contribution in [2.24, 2.45) is 5.92 Å². The van der Waals surface area contributed by atoms with E-state index in [1.165, 1.54) is 6.92 Å². The highest BCUT2D eigenvalue weighted by atomic mass is 19.1. The number of carbonyl (C=O) groups excluding carboxylic acids is 2. The lowest BCUT2D eigenvalue weighted by atomic mass is 9.95. The van der Waals surface area contributed by atoms with Crippen LogP contribution >= 0.6 is 0 Å². The maximum Gasteiger partial charge on any atom is 0.310 e. The van der Waals surface area contributed by atoms with Crippen LogP contribution in [0.2, 0.25) is 0 Å². The van der Waals surface area contributed by atoms with Crippen LogP contribution in [0.1, 0.15) is 26.2 Å². The van der Waals surface area contributed by atoms with Crippen molar-refractivity contribution in [3.05, 3.63) is 42.0 Å². The van der Waals surface area contributed by atoms with Gasteiger partial charge in [0.15, 0.2) is 6.10 Å². The highest BCUT2D eigenvalue weighted by Crippen LogP contribution is 2.21. The third kappa shape index (κ3) is 4.13. The molecule has 1 aromatic carbocycles. The Bertz CT molecular complexity index is 601. The van der Waals surface area contributed by atoms with E-state index in [0.29, 0.717) is 12.8 Å². The van der Waals surface area contributed by atoms with Gasteiger partial charge in [-0.3, -0.25) is 9.59 Å². The summed E-state index contributed by atoms with van der Waals surface area (Å²) in [6, 6.07) is 2.73. The molecule has 2 rings (SSSR count). The average Bonchev–Trinajstić information content (AvgIpc) is 2.51. The molecule has 0 spiro atoms. The zero-order chi connectivity index (χ0) is 16.1. The first-order valence-electron chi connectivity index (χ1n) is 7.09. The van der Waals surface area contributed by atoms with E-state index >= 15 is 0 Å². The lowest BCUT2D eigenvalue weighted by Gasteiger charge is -2.19. The van der Waals surface area contributed by atoms with Crippen LogP contribution in [0.3, 0.4) is 0 Å². The third-order valence-corrected chi connectivity index (χ3v) is 3.45. The summed E-state index contributed by atoms with van der Waals surface area (Å²) in [4.78, 5) is 23.8. The van der Waals surface area contributed by atoms with Crippen LogP contribution < -0.4 is 5.32 Å². The summed E-state index contributed by atoms with van der Waals surface area (Å²) in [7, 11) is 0. The highest BCUT2D eigenvalue weighted by Gasteiger charge is 2.25. The van der Waals surface area contributed by atoms with Gasteiger partial charge in [0.25, 0.3) is 5.91 Å². The number of anilines is 1. The van der Waals surface area contributed by atoms with Crippen LogP contribution in [0.25, 0.3) is 0 Å². The molecule has 2 atom stereocenters. The number of halogens is 2. The van der Waals surface area contributed by atoms with Gasteiger partial charge in [-0.15, -0.1) is 0 Å². The third-order valence-electron chi connectivity index (χ3n) is 3.45. The van der Waals surface area contributed by atoms with Crippen LogP contribution in [0.5, 0.6) is 0 Å². The molecule has 1 N–H and O–H groups in total. The van der Waals surface area contributed by atoms with Crippen molar-refractivity contribution in [1.29, 1.82) is 0 Å². The number of esters is 1. The molecular formula is C16H17F2NO3. The van der Waals surface area contributed by atoms with Crippen molar-refractivity contribution < 1.29 is 23.1 Å². The van der Waals surface area contributed by atoms with Gasteiger partial charge in [-0.05, 0) is 38.3 Å². The summed E-state index contributed by atoms with van der Waals surface area (Å²) in [6.07, 6.45) is 4.89. The monoisotopic (exact) mass is 309 g/mol. The van der Waals surface area contributed by atoms with E-state index in [4.69, 9.17) is 4.74 Å². The van der Waals surface area contributed by atoms with Crippen molar-refractivity contribution in [1.82, 2.24) is 0 Å². The largest absolute Gasteiger partial charge is 0.452 e. The number of rotatable bonds is 4. The molecule has 4 nitrogen and oxygen atoms in total. The summed E-state index contributed by atoms with van der Waals surface area (Å²) in [6.45, 7) is 1.39. The number of allylic oxidation sites excluding steroid dienone is 2. The second-order valence-electron chi connectivity index (χ2n) is 5.17. The molecule has 22 heavy (non-hydrogen) atoms. The van der Waals surface area contributed by atoms with E-state index in [1.54, 1.807) is 0 Å². The Kier molecular flexibility index (Phi) is 5.25. The first-order valence-corrected chi connectivity index (χ1v) is 7.09. The molecule has 6 heteroatoms. The molecule has 1 aliphatic rings. The Morgan fingerprint density at radius 2 is 2.09 bits per heavy atom. The van der Waals surface area contributed by atoms with E-state index in [-0.39, 0.29) is 11.6 Å². The Morgan fingerprint density at radius 1 is 1.32 bits per heavy atom. The number of nitrogens with one attached hydrogen (secondary N) is 1. The normalized spacial score (nSPS) is 18.6. The number of hydrogen-bond acceptors (Lipinski definition) is 3. The fourth-order valence-electron chi connectivity index (χ4n) is 2.16. The van der Waals surface area contributed by atoms with E-state index < -0.39 is 29.6 Å². The highest BCUT2D eigenvalue weighted by molar-refractivity contribution is 5.95. The standard InChI is InChI=1S/C16H17F2NO3/c1-10(22-16(21)11-5-3-2-4-6-11)15(20)19-14-9-12(17)7-8-13(14)18/h2-3,7-11H,4-6H2,1H3,(H,19,20)/t10-,11+/m0/s1. The predicted octanol–water partition coefficient (Wildman–Crippen LogP) is 3.19. The predicted molar refractivity (Wildman–Crippen MR) is 77.0 cm³/mol. The fourth-order valence-corrected chi connectivity index (χ4v) is 2.16. The minimum atomic E-state index is -1.08. The molecular weight excluding hydrogens is 292 g/mol. The van der Waals surface area contributed by atoms with E-state index in [1.807, 2.05) is 12.2 Å². The lowest BCUT2D eigenvalue weighted by Crippen LogP contribution is -2.32. The van der Waals surface area contributed by atoms with Crippen molar-refractivity contribution in [2.75, 3.05) is 5.32 Å². The topological polar surface area (TPSA) is 55.4 Å².